The fourth-order valence-corrected chi connectivity index (χ4v) is 1.80. The smallest absolute Gasteiger partial charge is 0.137 e. The first kappa shape index (κ1) is 9.15. The number of aromatic nitrogens is 2. The van der Waals surface area contributed by atoms with Crippen LogP contribution in [0.1, 0.15) is 0 Å². The Kier molecular flexibility index (Phi) is 2.45. The van der Waals surface area contributed by atoms with E-state index in [1.54, 1.807) is 17.5 Å². The minimum atomic E-state index is 0.926. The van der Waals surface area contributed by atoms with Crippen LogP contribution in [0.25, 0.3) is 11.3 Å². The highest BCUT2D eigenvalue weighted by Crippen LogP contribution is 2.26. The van der Waals surface area contributed by atoms with E-state index in [2.05, 4.69) is 16.0 Å². The molecule has 0 aromatic carbocycles. The van der Waals surface area contributed by atoms with E-state index in [-0.39, 0.29) is 0 Å². The fraction of sp³-hybridized carbons (Fsp3) is 0.200. The molecule has 2 aromatic heterocycles. The highest BCUT2D eigenvalue weighted by molar-refractivity contribution is 7.07. The van der Waals surface area contributed by atoms with Gasteiger partial charge < -0.3 is 4.90 Å². The van der Waals surface area contributed by atoms with Gasteiger partial charge in [0.1, 0.15) is 5.82 Å². The molecular formula is C10H10N3S. The summed E-state index contributed by atoms with van der Waals surface area (Å²) in [4.78, 5) is 10.5. The van der Waals surface area contributed by atoms with Crippen molar-refractivity contribution in [3.8, 4) is 11.3 Å². The Labute approximate surface area is 87.1 Å². The van der Waals surface area contributed by atoms with E-state index in [0.717, 1.165) is 17.1 Å². The molecule has 2 heterocycles. The molecule has 0 spiro atoms. The van der Waals surface area contributed by atoms with Crippen molar-refractivity contribution in [1.29, 1.82) is 0 Å². The minimum absolute atomic E-state index is 0.926. The molecule has 0 bridgehead atoms. The van der Waals surface area contributed by atoms with Crippen molar-refractivity contribution in [1.82, 2.24) is 9.97 Å². The third kappa shape index (κ3) is 1.61. The molecule has 0 amide bonds. The molecule has 2 rings (SSSR count). The molecule has 71 valence electrons. The first-order valence-electron chi connectivity index (χ1n) is 4.21. The van der Waals surface area contributed by atoms with E-state index < -0.39 is 0 Å². The predicted molar refractivity (Wildman–Crippen MR) is 58.5 cm³/mol. The minimum Gasteiger partial charge on any atom is -0.362 e. The Morgan fingerprint density at radius 2 is 2.21 bits per heavy atom. The monoisotopic (exact) mass is 204 g/mol. The van der Waals surface area contributed by atoms with Gasteiger partial charge in [0.15, 0.2) is 0 Å². The molecule has 0 fully saturated rings. The van der Waals surface area contributed by atoms with Crippen LogP contribution in [0.5, 0.6) is 0 Å². The average molecular weight is 204 g/mol. The maximum Gasteiger partial charge on any atom is 0.137 e. The van der Waals surface area contributed by atoms with Gasteiger partial charge in [0.2, 0.25) is 0 Å². The van der Waals surface area contributed by atoms with Crippen LogP contribution in [0.3, 0.4) is 0 Å². The van der Waals surface area contributed by atoms with E-state index in [4.69, 9.17) is 0 Å². The fourth-order valence-electron chi connectivity index (χ4n) is 1.24. The second-order valence-electron chi connectivity index (χ2n) is 3.07. The Bertz CT molecular complexity index is 409. The number of hydrogen-bond acceptors (Lipinski definition) is 4. The lowest BCUT2D eigenvalue weighted by atomic mass is 10.2. The summed E-state index contributed by atoms with van der Waals surface area (Å²) in [6.45, 7) is 0. The summed E-state index contributed by atoms with van der Waals surface area (Å²) in [5, 5.41) is 2.01. The van der Waals surface area contributed by atoms with Gasteiger partial charge in [0.05, 0.1) is 11.2 Å². The number of pyridine rings is 1. The van der Waals surface area contributed by atoms with Gasteiger partial charge in [-0.05, 0) is 6.07 Å². The largest absolute Gasteiger partial charge is 0.362 e. The molecular weight excluding hydrogens is 194 g/mol. The maximum atomic E-state index is 4.27. The van der Waals surface area contributed by atoms with Crippen LogP contribution in [-0.2, 0) is 0 Å². The molecule has 0 saturated heterocycles. The zero-order valence-corrected chi connectivity index (χ0v) is 8.88. The van der Waals surface area contributed by atoms with E-state index >= 15 is 0 Å². The van der Waals surface area contributed by atoms with Crippen molar-refractivity contribution in [2.24, 2.45) is 0 Å². The molecule has 0 aliphatic carbocycles. The van der Waals surface area contributed by atoms with Crippen LogP contribution < -0.4 is 4.90 Å². The molecule has 0 aliphatic heterocycles. The van der Waals surface area contributed by atoms with Crippen LogP contribution >= 0.6 is 11.3 Å². The Morgan fingerprint density at radius 3 is 2.86 bits per heavy atom. The first-order valence-corrected chi connectivity index (χ1v) is 5.15. The lowest BCUT2D eigenvalue weighted by Crippen LogP contribution is -2.11. The van der Waals surface area contributed by atoms with Gasteiger partial charge in [-0.3, -0.25) is 0 Å². The third-order valence-corrected chi connectivity index (χ3v) is 2.45. The Hall–Kier alpha value is -1.42. The number of thiazole rings is 1. The molecule has 0 atom stereocenters. The van der Waals surface area contributed by atoms with Gasteiger partial charge in [0, 0.05) is 37.3 Å². The Morgan fingerprint density at radius 1 is 1.36 bits per heavy atom. The molecule has 0 unspecified atom stereocenters. The molecule has 3 nitrogen and oxygen atoms in total. The average Bonchev–Trinajstić information content (AvgIpc) is 2.70. The molecule has 0 N–H and O–H groups in total. The summed E-state index contributed by atoms with van der Waals surface area (Å²) in [6.07, 6.45) is 1.67. The highest BCUT2D eigenvalue weighted by atomic mass is 32.1. The van der Waals surface area contributed by atoms with Gasteiger partial charge in [-0.15, -0.1) is 11.3 Å². The summed E-state index contributed by atoms with van der Waals surface area (Å²) >= 11 is 1.58. The SMILES string of the molecule is CN(C)c1nc[c]cc1-c1cscn1. The van der Waals surface area contributed by atoms with Crippen LogP contribution in [0, 0.1) is 6.07 Å². The van der Waals surface area contributed by atoms with E-state index in [1.165, 1.54) is 0 Å². The second kappa shape index (κ2) is 3.75. The summed E-state index contributed by atoms with van der Waals surface area (Å²) < 4.78 is 0. The van der Waals surface area contributed by atoms with Gasteiger partial charge in [0.25, 0.3) is 0 Å². The molecule has 0 aliphatic rings. The predicted octanol–water partition coefficient (Wildman–Crippen LogP) is 2.07. The summed E-state index contributed by atoms with van der Waals surface area (Å²) in [5.41, 5.74) is 3.81. The van der Waals surface area contributed by atoms with Gasteiger partial charge in [-0.25, -0.2) is 9.97 Å². The van der Waals surface area contributed by atoms with Gasteiger partial charge in [-0.2, -0.15) is 0 Å². The summed E-state index contributed by atoms with van der Waals surface area (Å²) in [6, 6.07) is 4.89. The molecule has 2 aromatic rings. The molecule has 4 heteroatoms. The normalized spacial score (nSPS) is 10.1. The van der Waals surface area contributed by atoms with Crippen LogP contribution in [0.4, 0.5) is 5.82 Å². The molecule has 1 radical (unpaired) electrons. The number of nitrogens with zero attached hydrogens (tertiary/aromatic N) is 3. The quantitative estimate of drug-likeness (QED) is 0.750. The van der Waals surface area contributed by atoms with Crippen molar-refractivity contribution >= 4 is 17.2 Å². The van der Waals surface area contributed by atoms with Crippen LogP contribution in [-0.4, -0.2) is 24.1 Å². The number of hydrogen-bond donors (Lipinski definition) is 0. The van der Waals surface area contributed by atoms with Crippen molar-refractivity contribution in [3.05, 3.63) is 29.2 Å². The molecule has 14 heavy (non-hydrogen) atoms. The zero-order chi connectivity index (χ0) is 9.97. The van der Waals surface area contributed by atoms with Crippen molar-refractivity contribution < 1.29 is 0 Å². The van der Waals surface area contributed by atoms with E-state index in [1.807, 2.05) is 36.0 Å². The number of rotatable bonds is 2. The van der Waals surface area contributed by atoms with E-state index in [0.29, 0.717) is 0 Å². The lowest BCUT2D eigenvalue weighted by molar-refractivity contribution is 1.07. The van der Waals surface area contributed by atoms with Crippen molar-refractivity contribution in [2.75, 3.05) is 19.0 Å². The molecule has 0 saturated carbocycles. The topological polar surface area (TPSA) is 29.0 Å². The summed E-state index contributed by atoms with van der Waals surface area (Å²) in [5.74, 6) is 0.926. The van der Waals surface area contributed by atoms with E-state index in [9.17, 15) is 0 Å². The van der Waals surface area contributed by atoms with Gasteiger partial charge in [-0.1, -0.05) is 0 Å². The standard InChI is InChI=1S/C10H10N3S/c1-13(2)10-8(4-3-5-11-10)9-6-14-7-12-9/h4-7H,1-2H3. The van der Waals surface area contributed by atoms with Crippen LogP contribution in [0.2, 0.25) is 0 Å². The Balaban J connectivity index is 2.53. The highest BCUT2D eigenvalue weighted by Gasteiger charge is 2.08. The summed E-state index contributed by atoms with van der Waals surface area (Å²) in [7, 11) is 3.94. The first-order chi connectivity index (χ1) is 6.79. The van der Waals surface area contributed by atoms with Crippen LogP contribution in [0.15, 0.2) is 23.2 Å². The lowest BCUT2D eigenvalue weighted by Gasteiger charge is -2.14. The zero-order valence-electron chi connectivity index (χ0n) is 8.06. The maximum absolute atomic E-state index is 4.27. The second-order valence-corrected chi connectivity index (χ2v) is 3.79. The van der Waals surface area contributed by atoms with Gasteiger partial charge >= 0.3 is 0 Å². The third-order valence-electron chi connectivity index (χ3n) is 1.86. The van der Waals surface area contributed by atoms with Crippen molar-refractivity contribution in [2.45, 2.75) is 0 Å². The number of anilines is 1. The van der Waals surface area contributed by atoms with Crippen molar-refractivity contribution in [3.63, 3.8) is 0 Å².